The summed E-state index contributed by atoms with van der Waals surface area (Å²) in [4.78, 5) is 4.80. The summed E-state index contributed by atoms with van der Waals surface area (Å²) in [7, 11) is 0. The summed E-state index contributed by atoms with van der Waals surface area (Å²) in [5.41, 5.74) is 12.6. The molecular weight excluding hydrogens is 268 g/mol. The van der Waals surface area contributed by atoms with Gasteiger partial charge in [-0.25, -0.2) is 0 Å². The van der Waals surface area contributed by atoms with Crippen molar-refractivity contribution in [3.63, 3.8) is 0 Å². The van der Waals surface area contributed by atoms with E-state index in [-0.39, 0.29) is 6.61 Å². The predicted molar refractivity (Wildman–Crippen MR) is 85.3 cm³/mol. The number of rotatable bonds is 7. The van der Waals surface area contributed by atoms with Crippen LogP contribution in [0.4, 0.5) is 11.4 Å². The van der Waals surface area contributed by atoms with Crippen molar-refractivity contribution in [3.8, 4) is 5.75 Å². The van der Waals surface area contributed by atoms with Crippen LogP contribution in [0.15, 0.2) is 18.2 Å². The normalized spacial score (nSPS) is 17.0. The molecule has 6 heteroatoms. The van der Waals surface area contributed by atoms with E-state index in [2.05, 4.69) is 9.80 Å². The number of piperazine rings is 1. The molecular formula is C15H26N4O2. The lowest BCUT2D eigenvalue weighted by molar-refractivity contribution is 0.111. The third-order valence-corrected chi connectivity index (χ3v) is 3.83. The number of nitrogen functional groups attached to an aromatic ring is 2. The van der Waals surface area contributed by atoms with Crippen LogP contribution >= 0.6 is 0 Å². The molecule has 118 valence electrons. The quantitative estimate of drug-likeness (QED) is 0.624. The molecule has 0 unspecified atom stereocenters. The minimum absolute atomic E-state index is 0.277. The Labute approximate surface area is 126 Å². The van der Waals surface area contributed by atoms with E-state index < -0.39 is 0 Å². The molecule has 0 spiro atoms. The van der Waals surface area contributed by atoms with E-state index in [4.69, 9.17) is 21.3 Å². The highest BCUT2D eigenvalue weighted by Crippen LogP contribution is 2.21. The standard InChI is InChI=1S/C15H26N4O2/c16-14-3-2-13(12-15(14)17)21-11-9-19-7-5-18(6-8-19)4-1-10-20/h2-3,12,20H,1,4-11,16-17H2. The van der Waals surface area contributed by atoms with E-state index in [1.54, 1.807) is 12.1 Å². The lowest BCUT2D eigenvalue weighted by atomic mass is 10.2. The predicted octanol–water partition coefficient (Wildman–Crippen LogP) is 0.230. The Balaban J connectivity index is 1.64. The van der Waals surface area contributed by atoms with Crippen LogP contribution in [0, 0.1) is 0 Å². The molecule has 6 nitrogen and oxygen atoms in total. The average molecular weight is 294 g/mol. The molecule has 0 atom stereocenters. The van der Waals surface area contributed by atoms with Gasteiger partial charge >= 0.3 is 0 Å². The van der Waals surface area contributed by atoms with E-state index in [0.29, 0.717) is 18.0 Å². The second-order valence-corrected chi connectivity index (χ2v) is 5.40. The number of aliphatic hydroxyl groups excluding tert-OH is 1. The number of hydrogen-bond donors (Lipinski definition) is 3. The highest BCUT2D eigenvalue weighted by molar-refractivity contribution is 5.65. The second-order valence-electron chi connectivity index (χ2n) is 5.40. The molecule has 1 aromatic carbocycles. The largest absolute Gasteiger partial charge is 0.492 e. The topological polar surface area (TPSA) is 88.0 Å². The van der Waals surface area contributed by atoms with Gasteiger partial charge in [-0.05, 0) is 18.6 Å². The highest BCUT2D eigenvalue weighted by atomic mass is 16.5. The molecule has 2 rings (SSSR count). The van der Waals surface area contributed by atoms with Crippen LogP contribution < -0.4 is 16.2 Å². The molecule has 0 aliphatic carbocycles. The van der Waals surface area contributed by atoms with Crippen LogP contribution in [-0.2, 0) is 0 Å². The minimum atomic E-state index is 0.277. The van der Waals surface area contributed by atoms with Crippen LogP contribution in [0.25, 0.3) is 0 Å². The molecule has 1 aromatic rings. The zero-order valence-corrected chi connectivity index (χ0v) is 12.5. The monoisotopic (exact) mass is 294 g/mol. The minimum Gasteiger partial charge on any atom is -0.492 e. The fourth-order valence-electron chi connectivity index (χ4n) is 2.47. The van der Waals surface area contributed by atoms with Gasteiger partial charge in [0.05, 0.1) is 11.4 Å². The van der Waals surface area contributed by atoms with Gasteiger partial charge in [-0.3, -0.25) is 4.90 Å². The fourth-order valence-corrected chi connectivity index (χ4v) is 2.47. The molecule has 1 heterocycles. The van der Waals surface area contributed by atoms with Crippen LogP contribution in [0.5, 0.6) is 5.75 Å². The van der Waals surface area contributed by atoms with E-state index in [1.165, 1.54) is 0 Å². The summed E-state index contributed by atoms with van der Waals surface area (Å²) >= 11 is 0. The molecule has 1 aliphatic rings. The Hall–Kier alpha value is -1.50. The molecule has 0 bridgehead atoms. The molecule has 0 aromatic heterocycles. The van der Waals surface area contributed by atoms with Crippen molar-refractivity contribution in [1.82, 2.24) is 9.80 Å². The van der Waals surface area contributed by atoms with Crippen molar-refractivity contribution in [2.45, 2.75) is 6.42 Å². The van der Waals surface area contributed by atoms with Crippen LogP contribution in [0.2, 0.25) is 0 Å². The Morgan fingerprint density at radius 2 is 1.67 bits per heavy atom. The van der Waals surface area contributed by atoms with Gasteiger partial charge in [0.15, 0.2) is 0 Å². The molecule has 1 saturated heterocycles. The molecule has 0 saturated carbocycles. The number of hydrogen-bond acceptors (Lipinski definition) is 6. The summed E-state index contributed by atoms with van der Waals surface area (Å²) in [5.74, 6) is 0.767. The van der Waals surface area contributed by atoms with Gasteiger partial charge in [-0.1, -0.05) is 0 Å². The van der Waals surface area contributed by atoms with Crippen molar-refractivity contribution < 1.29 is 9.84 Å². The van der Waals surface area contributed by atoms with E-state index in [1.807, 2.05) is 6.07 Å². The molecule has 0 radical (unpaired) electrons. The van der Waals surface area contributed by atoms with E-state index in [0.717, 1.165) is 51.4 Å². The number of aliphatic hydroxyl groups is 1. The van der Waals surface area contributed by atoms with Crippen molar-refractivity contribution in [2.75, 3.05) is 63.9 Å². The van der Waals surface area contributed by atoms with Gasteiger partial charge in [0, 0.05) is 51.9 Å². The smallest absolute Gasteiger partial charge is 0.121 e. The molecule has 5 N–H and O–H groups in total. The molecule has 1 fully saturated rings. The summed E-state index contributed by atoms with van der Waals surface area (Å²) in [6.45, 7) is 7.07. The first-order valence-corrected chi connectivity index (χ1v) is 7.52. The van der Waals surface area contributed by atoms with E-state index >= 15 is 0 Å². The van der Waals surface area contributed by atoms with Gasteiger partial charge in [-0.2, -0.15) is 0 Å². The third kappa shape index (κ3) is 5.08. The fraction of sp³-hybridized carbons (Fsp3) is 0.600. The van der Waals surface area contributed by atoms with Crippen molar-refractivity contribution >= 4 is 11.4 Å². The average Bonchev–Trinajstić information content (AvgIpc) is 2.50. The van der Waals surface area contributed by atoms with Crippen molar-refractivity contribution in [2.24, 2.45) is 0 Å². The SMILES string of the molecule is Nc1ccc(OCCN2CCN(CCCO)CC2)cc1N. The molecule has 21 heavy (non-hydrogen) atoms. The zero-order chi connectivity index (χ0) is 15.1. The van der Waals surface area contributed by atoms with Gasteiger partial charge in [0.2, 0.25) is 0 Å². The zero-order valence-electron chi connectivity index (χ0n) is 12.5. The van der Waals surface area contributed by atoms with E-state index in [9.17, 15) is 0 Å². The number of nitrogens with zero attached hydrogens (tertiary/aromatic N) is 2. The Bertz CT molecular complexity index is 434. The Kier molecular flexibility index (Phi) is 6.10. The maximum absolute atomic E-state index is 8.84. The maximum Gasteiger partial charge on any atom is 0.121 e. The van der Waals surface area contributed by atoms with Gasteiger partial charge in [-0.15, -0.1) is 0 Å². The van der Waals surface area contributed by atoms with Gasteiger partial charge in [0.25, 0.3) is 0 Å². The summed E-state index contributed by atoms with van der Waals surface area (Å²) in [6, 6.07) is 5.38. The van der Waals surface area contributed by atoms with Crippen molar-refractivity contribution in [1.29, 1.82) is 0 Å². The summed E-state index contributed by atoms with van der Waals surface area (Å²) in [6.07, 6.45) is 0.863. The number of nitrogens with two attached hydrogens (primary N) is 2. The third-order valence-electron chi connectivity index (χ3n) is 3.83. The lowest BCUT2D eigenvalue weighted by Gasteiger charge is -2.34. The Morgan fingerprint density at radius 3 is 2.29 bits per heavy atom. The lowest BCUT2D eigenvalue weighted by Crippen LogP contribution is -2.47. The first-order valence-electron chi connectivity index (χ1n) is 7.52. The van der Waals surface area contributed by atoms with Crippen LogP contribution in [0.1, 0.15) is 6.42 Å². The number of anilines is 2. The van der Waals surface area contributed by atoms with Crippen molar-refractivity contribution in [3.05, 3.63) is 18.2 Å². The highest BCUT2D eigenvalue weighted by Gasteiger charge is 2.15. The summed E-state index contributed by atoms with van der Waals surface area (Å²) in [5, 5.41) is 8.84. The molecule has 0 amide bonds. The summed E-state index contributed by atoms with van der Waals surface area (Å²) < 4.78 is 5.71. The van der Waals surface area contributed by atoms with Gasteiger partial charge < -0.3 is 26.2 Å². The first-order chi connectivity index (χ1) is 10.2. The second kappa shape index (κ2) is 8.07. The number of benzene rings is 1. The maximum atomic E-state index is 8.84. The first kappa shape index (κ1) is 15.9. The van der Waals surface area contributed by atoms with Gasteiger partial charge in [0.1, 0.15) is 12.4 Å². The molecule has 1 aliphatic heterocycles. The Morgan fingerprint density at radius 1 is 1.00 bits per heavy atom. The van der Waals surface area contributed by atoms with Crippen LogP contribution in [0.3, 0.4) is 0 Å². The van der Waals surface area contributed by atoms with Crippen LogP contribution in [-0.4, -0.2) is 67.4 Å². The number of ether oxygens (including phenoxy) is 1.